The van der Waals surface area contributed by atoms with Crippen LogP contribution in [0.25, 0.3) is 11.0 Å². The van der Waals surface area contributed by atoms with Gasteiger partial charge in [0.15, 0.2) is 5.82 Å². The van der Waals surface area contributed by atoms with E-state index >= 15 is 4.39 Å². The van der Waals surface area contributed by atoms with Crippen LogP contribution in [0.2, 0.25) is 5.02 Å². The van der Waals surface area contributed by atoms with Crippen molar-refractivity contribution < 1.29 is 14.0 Å². The molecule has 3 rings (SSSR count). The van der Waals surface area contributed by atoms with E-state index in [9.17, 15) is 4.79 Å². The SMILES string of the molecule is C=CCONC(=O)c1cc2c(ncn2C)c(F)c1Nc1ccc(C)cc1Cl. The molecule has 1 amide bonds. The maximum atomic E-state index is 15.2. The fourth-order valence-corrected chi connectivity index (χ4v) is 2.89. The highest BCUT2D eigenvalue weighted by atomic mass is 35.5. The summed E-state index contributed by atoms with van der Waals surface area (Å²) in [6.07, 6.45) is 2.96. The number of hydroxylamine groups is 1. The van der Waals surface area contributed by atoms with Gasteiger partial charge in [0.1, 0.15) is 5.52 Å². The molecule has 0 unspecified atom stereocenters. The van der Waals surface area contributed by atoms with Crippen LogP contribution in [-0.2, 0) is 11.9 Å². The summed E-state index contributed by atoms with van der Waals surface area (Å²) in [6, 6.07) is 6.84. The van der Waals surface area contributed by atoms with Gasteiger partial charge in [-0.05, 0) is 30.7 Å². The van der Waals surface area contributed by atoms with Crippen LogP contribution in [0.3, 0.4) is 0 Å². The van der Waals surface area contributed by atoms with E-state index in [-0.39, 0.29) is 23.4 Å². The molecule has 3 aromatic rings. The smallest absolute Gasteiger partial charge is 0.277 e. The average molecular weight is 389 g/mol. The first-order chi connectivity index (χ1) is 12.9. The first-order valence-corrected chi connectivity index (χ1v) is 8.50. The number of carbonyl (C=O) groups excluding carboxylic acids is 1. The predicted molar refractivity (Wildman–Crippen MR) is 104 cm³/mol. The van der Waals surface area contributed by atoms with Crippen LogP contribution in [-0.4, -0.2) is 22.1 Å². The van der Waals surface area contributed by atoms with E-state index in [1.165, 1.54) is 12.4 Å². The van der Waals surface area contributed by atoms with Crippen molar-refractivity contribution in [3.05, 3.63) is 65.2 Å². The highest BCUT2D eigenvalue weighted by molar-refractivity contribution is 6.33. The minimum absolute atomic E-state index is 0.0355. The van der Waals surface area contributed by atoms with Gasteiger partial charge in [-0.3, -0.25) is 9.63 Å². The Kier molecular flexibility index (Phi) is 5.43. The van der Waals surface area contributed by atoms with Crippen LogP contribution in [0, 0.1) is 12.7 Å². The molecule has 8 heteroatoms. The first kappa shape index (κ1) is 18.9. The number of hydrogen-bond donors (Lipinski definition) is 2. The second-order valence-corrected chi connectivity index (χ2v) is 6.38. The number of hydrogen-bond acceptors (Lipinski definition) is 4. The quantitative estimate of drug-likeness (QED) is 0.376. The van der Waals surface area contributed by atoms with Crippen molar-refractivity contribution in [1.82, 2.24) is 15.0 Å². The van der Waals surface area contributed by atoms with Crippen molar-refractivity contribution in [2.45, 2.75) is 6.92 Å². The zero-order valence-electron chi connectivity index (χ0n) is 14.8. The summed E-state index contributed by atoms with van der Waals surface area (Å²) in [5.74, 6) is -1.26. The third-order valence-corrected chi connectivity index (χ3v) is 4.27. The number of amides is 1. The van der Waals surface area contributed by atoms with E-state index < -0.39 is 11.7 Å². The zero-order chi connectivity index (χ0) is 19.6. The number of benzene rings is 2. The molecule has 0 bridgehead atoms. The lowest BCUT2D eigenvalue weighted by Gasteiger charge is -2.15. The number of aryl methyl sites for hydroxylation is 2. The summed E-state index contributed by atoms with van der Waals surface area (Å²) >= 11 is 6.25. The molecular weight excluding hydrogens is 371 g/mol. The van der Waals surface area contributed by atoms with Gasteiger partial charge >= 0.3 is 0 Å². The van der Waals surface area contributed by atoms with Crippen LogP contribution < -0.4 is 10.8 Å². The molecule has 2 N–H and O–H groups in total. The molecule has 0 aliphatic carbocycles. The Hall–Kier alpha value is -2.90. The molecule has 0 aliphatic heterocycles. The number of nitrogens with one attached hydrogen (secondary N) is 2. The highest BCUT2D eigenvalue weighted by Crippen LogP contribution is 2.33. The Morgan fingerprint density at radius 1 is 1.44 bits per heavy atom. The van der Waals surface area contributed by atoms with E-state index in [0.717, 1.165) is 5.56 Å². The van der Waals surface area contributed by atoms with Crippen LogP contribution in [0.4, 0.5) is 15.8 Å². The number of halogens is 2. The van der Waals surface area contributed by atoms with Gasteiger partial charge < -0.3 is 9.88 Å². The molecule has 6 nitrogen and oxygen atoms in total. The van der Waals surface area contributed by atoms with Crippen LogP contribution in [0.15, 0.2) is 43.2 Å². The van der Waals surface area contributed by atoms with Crippen molar-refractivity contribution in [3.8, 4) is 0 Å². The van der Waals surface area contributed by atoms with E-state index in [4.69, 9.17) is 16.4 Å². The van der Waals surface area contributed by atoms with Crippen molar-refractivity contribution >= 4 is 39.9 Å². The molecular formula is C19H18ClFN4O2. The highest BCUT2D eigenvalue weighted by Gasteiger charge is 2.22. The first-order valence-electron chi connectivity index (χ1n) is 8.12. The lowest BCUT2D eigenvalue weighted by molar-refractivity contribution is 0.0422. The Balaban J connectivity index is 2.10. The van der Waals surface area contributed by atoms with Crippen LogP contribution in [0.1, 0.15) is 15.9 Å². The number of fused-ring (bicyclic) bond motifs is 1. The number of imidazole rings is 1. The Morgan fingerprint density at radius 3 is 2.93 bits per heavy atom. The summed E-state index contributed by atoms with van der Waals surface area (Å²) in [5, 5.41) is 3.32. The van der Waals surface area contributed by atoms with Gasteiger partial charge in [-0.1, -0.05) is 23.7 Å². The van der Waals surface area contributed by atoms with Gasteiger partial charge in [0.25, 0.3) is 5.91 Å². The lowest BCUT2D eigenvalue weighted by atomic mass is 10.1. The minimum Gasteiger partial charge on any atom is -0.351 e. The second-order valence-electron chi connectivity index (χ2n) is 5.98. The normalized spacial score (nSPS) is 10.8. The van der Waals surface area contributed by atoms with Crippen molar-refractivity contribution in [3.63, 3.8) is 0 Å². The van der Waals surface area contributed by atoms with Gasteiger partial charge in [-0.25, -0.2) is 14.9 Å². The van der Waals surface area contributed by atoms with Gasteiger partial charge in [0.2, 0.25) is 0 Å². The zero-order valence-corrected chi connectivity index (χ0v) is 15.6. The maximum Gasteiger partial charge on any atom is 0.277 e. The molecule has 0 radical (unpaired) electrons. The Bertz CT molecular complexity index is 1030. The molecule has 1 heterocycles. The summed E-state index contributed by atoms with van der Waals surface area (Å²) in [4.78, 5) is 21.6. The molecule has 0 saturated carbocycles. The lowest BCUT2D eigenvalue weighted by Crippen LogP contribution is -2.25. The summed E-state index contributed by atoms with van der Waals surface area (Å²) in [6.45, 7) is 5.52. The van der Waals surface area contributed by atoms with E-state index in [1.807, 2.05) is 13.0 Å². The molecule has 0 spiro atoms. The molecule has 27 heavy (non-hydrogen) atoms. The average Bonchev–Trinajstić information content (AvgIpc) is 3.00. The molecule has 1 aromatic heterocycles. The number of carbonyl (C=O) groups is 1. The third kappa shape index (κ3) is 3.79. The predicted octanol–water partition coefficient (Wildman–Crippen LogP) is 4.27. The number of nitrogens with zero attached hydrogens (tertiary/aromatic N) is 2. The molecule has 140 valence electrons. The summed E-state index contributed by atoms with van der Waals surface area (Å²) in [7, 11) is 1.72. The number of anilines is 2. The van der Waals surface area contributed by atoms with Gasteiger partial charge in [-0.15, -0.1) is 6.58 Å². The van der Waals surface area contributed by atoms with Crippen molar-refractivity contribution in [2.24, 2.45) is 7.05 Å². The van der Waals surface area contributed by atoms with Crippen molar-refractivity contribution in [1.29, 1.82) is 0 Å². The maximum absolute atomic E-state index is 15.2. The fourth-order valence-electron chi connectivity index (χ4n) is 2.60. The molecule has 2 aromatic carbocycles. The molecule has 0 saturated heterocycles. The number of aromatic nitrogens is 2. The summed E-state index contributed by atoms with van der Waals surface area (Å²) in [5.41, 5.74) is 4.35. The van der Waals surface area contributed by atoms with E-state index in [1.54, 1.807) is 29.8 Å². The third-order valence-electron chi connectivity index (χ3n) is 3.96. The largest absolute Gasteiger partial charge is 0.351 e. The van der Waals surface area contributed by atoms with Gasteiger partial charge in [0.05, 0.1) is 40.4 Å². The van der Waals surface area contributed by atoms with Gasteiger partial charge in [-0.2, -0.15) is 0 Å². The fraction of sp³-hybridized carbons (Fsp3) is 0.158. The Labute approximate surface area is 160 Å². The minimum atomic E-state index is -0.654. The molecule has 0 atom stereocenters. The van der Waals surface area contributed by atoms with Crippen LogP contribution in [0.5, 0.6) is 0 Å². The molecule has 0 aliphatic rings. The standard InChI is InChI=1S/C19H18ClFN4O2/c1-4-7-27-24-19(26)12-9-15-18(22-10-25(15)3)16(21)17(12)23-14-6-5-11(2)8-13(14)20/h4-6,8-10,23H,1,7H2,2-3H3,(H,24,26). The monoisotopic (exact) mass is 388 g/mol. The topological polar surface area (TPSA) is 68.2 Å². The number of rotatable bonds is 6. The van der Waals surface area contributed by atoms with E-state index in [2.05, 4.69) is 22.4 Å². The second kappa shape index (κ2) is 7.77. The van der Waals surface area contributed by atoms with E-state index in [0.29, 0.717) is 16.2 Å². The van der Waals surface area contributed by atoms with Crippen LogP contribution >= 0.6 is 11.6 Å². The summed E-state index contributed by atoms with van der Waals surface area (Å²) < 4.78 is 16.8. The van der Waals surface area contributed by atoms with Gasteiger partial charge in [0, 0.05) is 7.05 Å². The molecule has 0 fully saturated rings. The van der Waals surface area contributed by atoms with Crippen molar-refractivity contribution in [2.75, 3.05) is 11.9 Å². The Morgan fingerprint density at radius 2 is 2.22 bits per heavy atom.